The van der Waals surface area contributed by atoms with Crippen LogP contribution in [0, 0.1) is 0 Å². The minimum absolute atomic E-state index is 0.0756. The monoisotopic (exact) mass is 283 g/mol. The quantitative estimate of drug-likeness (QED) is 0.868. The molecule has 4 nitrogen and oxygen atoms in total. The fourth-order valence-electron chi connectivity index (χ4n) is 2.32. The Hall–Kier alpha value is -2.49. The van der Waals surface area contributed by atoms with Crippen molar-refractivity contribution in [3.8, 4) is 11.5 Å². The largest absolute Gasteiger partial charge is 0.485 e. The van der Waals surface area contributed by atoms with Crippen LogP contribution in [0.4, 0.5) is 0 Å². The molecule has 1 aliphatic rings. The van der Waals surface area contributed by atoms with E-state index in [9.17, 15) is 4.79 Å². The lowest BCUT2D eigenvalue weighted by molar-refractivity contribution is -0.140. The van der Waals surface area contributed by atoms with Gasteiger partial charge in [0.25, 0.3) is 5.91 Å². The summed E-state index contributed by atoms with van der Waals surface area (Å²) in [5.74, 6) is 1.23. The fraction of sp³-hybridized carbons (Fsp3) is 0.235. The molecule has 0 bridgehead atoms. The Morgan fingerprint density at radius 1 is 1.10 bits per heavy atom. The van der Waals surface area contributed by atoms with Crippen molar-refractivity contribution >= 4 is 5.91 Å². The van der Waals surface area contributed by atoms with E-state index in [1.54, 1.807) is 11.9 Å². The Kier molecular flexibility index (Phi) is 3.77. The summed E-state index contributed by atoms with van der Waals surface area (Å²) in [5.41, 5.74) is 1.09. The molecule has 1 atom stereocenters. The highest BCUT2D eigenvalue weighted by molar-refractivity contribution is 5.81. The molecule has 0 saturated heterocycles. The number of rotatable bonds is 3. The van der Waals surface area contributed by atoms with E-state index in [0.717, 1.165) is 5.56 Å². The van der Waals surface area contributed by atoms with Crippen LogP contribution in [0.2, 0.25) is 0 Å². The smallest absolute Gasteiger partial charge is 0.267 e. The van der Waals surface area contributed by atoms with E-state index in [1.165, 1.54) is 0 Å². The molecule has 3 rings (SSSR count). The number of ether oxygens (including phenoxy) is 2. The number of carbonyl (C=O) groups is 1. The predicted octanol–water partition coefficient (Wildman–Crippen LogP) is 2.49. The first kappa shape index (κ1) is 13.5. The van der Waals surface area contributed by atoms with Crippen LogP contribution in [0.1, 0.15) is 5.56 Å². The first-order valence-corrected chi connectivity index (χ1v) is 6.91. The molecule has 0 fully saturated rings. The minimum Gasteiger partial charge on any atom is -0.485 e. The van der Waals surface area contributed by atoms with Crippen LogP contribution in [-0.4, -0.2) is 30.6 Å². The summed E-state index contributed by atoms with van der Waals surface area (Å²) < 4.78 is 11.3. The summed E-state index contributed by atoms with van der Waals surface area (Å²) in [5, 5.41) is 0. The molecule has 0 radical (unpaired) electrons. The highest BCUT2D eigenvalue weighted by Gasteiger charge is 2.29. The molecule has 0 saturated carbocycles. The third kappa shape index (κ3) is 2.99. The molecule has 1 heterocycles. The topological polar surface area (TPSA) is 38.8 Å². The predicted molar refractivity (Wildman–Crippen MR) is 79.3 cm³/mol. The molecule has 1 amide bonds. The van der Waals surface area contributed by atoms with Crippen molar-refractivity contribution in [2.24, 2.45) is 0 Å². The average Bonchev–Trinajstić information content (AvgIpc) is 2.54. The van der Waals surface area contributed by atoms with Gasteiger partial charge < -0.3 is 14.4 Å². The number of hydrogen-bond donors (Lipinski definition) is 0. The molecule has 0 spiro atoms. The molecule has 0 aliphatic carbocycles. The van der Waals surface area contributed by atoms with E-state index < -0.39 is 6.10 Å². The van der Waals surface area contributed by atoms with Gasteiger partial charge in [0.2, 0.25) is 6.10 Å². The van der Waals surface area contributed by atoms with Crippen molar-refractivity contribution in [1.29, 1.82) is 0 Å². The van der Waals surface area contributed by atoms with Gasteiger partial charge in [-0.1, -0.05) is 42.5 Å². The number of fused-ring (bicyclic) bond motifs is 1. The minimum atomic E-state index is -0.589. The first-order valence-electron chi connectivity index (χ1n) is 6.91. The molecule has 4 heteroatoms. The number of nitrogens with zero attached hydrogens (tertiary/aromatic N) is 1. The number of para-hydroxylation sites is 2. The van der Waals surface area contributed by atoms with Crippen molar-refractivity contribution in [2.75, 3.05) is 13.7 Å². The number of benzene rings is 2. The Morgan fingerprint density at radius 3 is 2.52 bits per heavy atom. The van der Waals surface area contributed by atoms with Gasteiger partial charge in [0.15, 0.2) is 11.5 Å². The van der Waals surface area contributed by atoms with Gasteiger partial charge in [-0.3, -0.25) is 4.79 Å². The van der Waals surface area contributed by atoms with E-state index in [1.807, 2.05) is 54.6 Å². The molecule has 0 aromatic heterocycles. The van der Waals surface area contributed by atoms with Crippen LogP contribution in [0.5, 0.6) is 11.5 Å². The number of carbonyl (C=O) groups excluding carboxylic acids is 1. The molecule has 0 unspecified atom stereocenters. The Balaban J connectivity index is 1.66. The maximum atomic E-state index is 12.4. The van der Waals surface area contributed by atoms with Gasteiger partial charge in [-0.2, -0.15) is 0 Å². The summed E-state index contributed by atoms with van der Waals surface area (Å²) in [7, 11) is 1.78. The van der Waals surface area contributed by atoms with Crippen molar-refractivity contribution in [3.05, 3.63) is 60.2 Å². The van der Waals surface area contributed by atoms with Crippen molar-refractivity contribution in [3.63, 3.8) is 0 Å². The number of hydrogen-bond acceptors (Lipinski definition) is 3. The number of amides is 1. The van der Waals surface area contributed by atoms with Crippen molar-refractivity contribution in [1.82, 2.24) is 4.90 Å². The van der Waals surface area contributed by atoms with Crippen molar-refractivity contribution in [2.45, 2.75) is 12.6 Å². The Morgan fingerprint density at radius 2 is 1.76 bits per heavy atom. The standard InChI is InChI=1S/C17H17NO3/c1-18(11-13-7-3-2-4-8-13)17(19)16-12-20-14-9-5-6-10-15(14)21-16/h2-10,16H,11-12H2,1H3/t16-/m1/s1. The molecule has 2 aromatic carbocycles. The van der Waals surface area contributed by atoms with Gasteiger partial charge in [0.1, 0.15) is 6.61 Å². The van der Waals surface area contributed by atoms with Crippen LogP contribution in [-0.2, 0) is 11.3 Å². The van der Waals surface area contributed by atoms with Gasteiger partial charge in [-0.05, 0) is 17.7 Å². The molecular formula is C17H17NO3. The average molecular weight is 283 g/mol. The second kappa shape index (κ2) is 5.87. The second-order valence-electron chi connectivity index (χ2n) is 5.04. The van der Waals surface area contributed by atoms with E-state index in [2.05, 4.69) is 0 Å². The lowest BCUT2D eigenvalue weighted by atomic mass is 10.2. The van der Waals surface area contributed by atoms with Gasteiger partial charge in [0.05, 0.1) is 0 Å². The highest BCUT2D eigenvalue weighted by atomic mass is 16.6. The summed E-state index contributed by atoms with van der Waals surface area (Å²) in [6.07, 6.45) is -0.589. The summed E-state index contributed by atoms with van der Waals surface area (Å²) in [6.45, 7) is 0.802. The Labute approximate surface area is 123 Å². The zero-order chi connectivity index (χ0) is 14.7. The molecule has 21 heavy (non-hydrogen) atoms. The Bertz CT molecular complexity index is 627. The third-order valence-corrected chi connectivity index (χ3v) is 3.42. The van der Waals surface area contributed by atoms with E-state index >= 15 is 0 Å². The summed E-state index contributed by atoms with van der Waals surface area (Å²) in [4.78, 5) is 14.1. The lowest BCUT2D eigenvalue weighted by Crippen LogP contribution is -2.44. The van der Waals surface area contributed by atoms with E-state index in [-0.39, 0.29) is 12.5 Å². The van der Waals surface area contributed by atoms with Crippen LogP contribution in [0.15, 0.2) is 54.6 Å². The van der Waals surface area contributed by atoms with Gasteiger partial charge in [0, 0.05) is 13.6 Å². The van der Waals surface area contributed by atoms with Crippen LogP contribution >= 0.6 is 0 Å². The second-order valence-corrected chi connectivity index (χ2v) is 5.04. The third-order valence-electron chi connectivity index (χ3n) is 3.42. The maximum Gasteiger partial charge on any atom is 0.267 e. The van der Waals surface area contributed by atoms with Crippen LogP contribution in [0.3, 0.4) is 0 Å². The normalized spacial score (nSPS) is 16.3. The number of likely N-dealkylation sites (N-methyl/N-ethyl adjacent to an activating group) is 1. The molecule has 0 N–H and O–H groups in total. The zero-order valence-corrected chi connectivity index (χ0v) is 11.9. The van der Waals surface area contributed by atoms with Gasteiger partial charge in [-0.15, -0.1) is 0 Å². The van der Waals surface area contributed by atoms with Gasteiger partial charge in [-0.25, -0.2) is 0 Å². The highest BCUT2D eigenvalue weighted by Crippen LogP contribution is 2.31. The molecule has 1 aliphatic heterocycles. The van der Waals surface area contributed by atoms with Gasteiger partial charge >= 0.3 is 0 Å². The lowest BCUT2D eigenvalue weighted by Gasteiger charge is -2.28. The molecular weight excluding hydrogens is 266 g/mol. The van der Waals surface area contributed by atoms with Crippen LogP contribution in [0.25, 0.3) is 0 Å². The summed E-state index contributed by atoms with van der Waals surface area (Å²) in [6, 6.07) is 17.3. The van der Waals surface area contributed by atoms with E-state index in [4.69, 9.17) is 9.47 Å². The zero-order valence-electron chi connectivity index (χ0n) is 11.9. The fourth-order valence-corrected chi connectivity index (χ4v) is 2.32. The molecule has 2 aromatic rings. The SMILES string of the molecule is CN(Cc1ccccc1)C(=O)[C@H]1COc2ccccc2O1. The maximum absolute atomic E-state index is 12.4. The van der Waals surface area contributed by atoms with Crippen molar-refractivity contribution < 1.29 is 14.3 Å². The first-order chi connectivity index (χ1) is 10.2. The van der Waals surface area contributed by atoms with E-state index in [0.29, 0.717) is 18.0 Å². The molecule has 108 valence electrons. The van der Waals surface area contributed by atoms with Crippen LogP contribution < -0.4 is 9.47 Å². The summed E-state index contributed by atoms with van der Waals surface area (Å²) >= 11 is 0.